The molecule has 2 aliphatic carbocycles. The molecule has 0 radical (unpaired) electrons. The standard InChI is InChI=1S/C67H48N2/c1-6-20-47(21-7-1)49-34-39-55(40-35-49)68(56-41-36-50(37-42-56)48-22-8-2-9-23-48)64-45-43-57(51-38-44-63-60(46-51)58-30-17-19-33-62(58)69(63)54-28-14-5-15-29-54)66-65(64)59-31-16-18-32-61(59)67(66,52-24-10-3-11-25-52)53-26-12-4-13-27-53/h1-41,43-46,56H,42H2. The van der Waals surface area contributed by atoms with Crippen molar-refractivity contribution in [1.82, 2.24) is 4.57 Å². The third-order valence-electron chi connectivity index (χ3n) is 14.6. The van der Waals surface area contributed by atoms with E-state index in [-0.39, 0.29) is 6.04 Å². The zero-order chi connectivity index (χ0) is 45.7. The van der Waals surface area contributed by atoms with Crippen LogP contribution in [0.3, 0.4) is 0 Å². The third kappa shape index (κ3) is 6.63. The Kier molecular flexibility index (Phi) is 9.91. The van der Waals surface area contributed by atoms with Gasteiger partial charge in [0.25, 0.3) is 0 Å². The van der Waals surface area contributed by atoms with Gasteiger partial charge in [0, 0.05) is 33.4 Å². The van der Waals surface area contributed by atoms with Gasteiger partial charge in [0.2, 0.25) is 0 Å². The summed E-state index contributed by atoms with van der Waals surface area (Å²) in [5.41, 5.74) is 20.2. The predicted molar refractivity (Wildman–Crippen MR) is 290 cm³/mol. The van der Waals surface area contributed by atoms with Gasteiger partial charge in [-0.2, -0.15) is 0 Å². The molecule has 0 spiro atoms. The molecule has 0 saturated carbocycles. The largest absolute Gasteiger partial charge is 0.334 e. The number of aromatic nitrogens is 1. The van der Waals surface area contributed by atoms with Gasteiger partial charge in [-0.15, -0.1) is 0 Å². The highest BCUT2D eigenvalue weighted by Gasteiger charge is 2.49. The lowest BCUT2D eigenvalue weighted by Gasteiger charge is -2.38. The summed E-state index contributed by atoms with van der Waals surface area (Å²) >= 11 is 0. The van der Waals surface area contributed by atoms with E-state index in [1.807, 2.05) is 0 Å². The molecule has 2 heteroatoms. The fourth-order valence-corrected chi connectivity index (χ4v) is 11.6. The fourth-order valence-electron chi connectivity index (χ4n) is 11.6. The first kappa shape index (κ1) is 40.5. The summed E-state index contributed by atoms with van der Waals surface area (Å²) in [4.78, 5) is 2.62. The number of hydrogen-bond donors (Lipinski definition) is 0. The molecular formula is C67H48N2. The SMILES string of the molecule is C1=CC(N(c2ccc(-c3ccccc3)cc2)c2ccc(-c3ccc4c(c3)c3ccccc3n4-c3ccccc3)c3c2-c2ccccc2C3(c2ccccc2)c2ccccc2)CC=C1c1ccccc1. The van der Waals surface area contributed by atoms with Crippen LogP contribution in [0.1, 0.15) is 34.2 Å². The molecule has 0 amide bonds. The minimum absolute atomic E-state index is 0.0473. The zero-order valence-corrected chi connectivity index (χ0v) is 38.2. The monoisotopic (exact) mass is 880 g/mol. The first-order valence-electron chi connectivity index (χ1n) is 24.1. The number of hydrogen-bond acceptors (Lipinski definition) is 1. The maximum absolute atomic E-state index is 2.62. The Labute approximate surface area is 404 Å². The molecule has 0 bridgehead atoms. The Morgan fingerprint density at radius 1 is 0.435 bits per heavy atom. The second-order valence-electron chi connectivity index (χ2n) is 18.3. The molecule has 326 valence electrons. The van der Waals surface area contributed by atoms with E-state index in [0.29, 0.717) is 0 Å². The van der Waals surface area contributed by atoms with Crippen molar-refractivity contribution in [2.75, 3.05) is 4.90 Å². The van der Waals surface area contributed by atoms with Crippen LogP contribution in [0.15, 0.2) is 273 Å². The molecule has 11 aromatic rings. The summed E-state index contributed by atoms with van der Waals surface area (Å²) in [6.07, 6.45) is 8.03. The van der Waals surface area contributed by atoms with Crippen molar-refractivity contribution in [1.29, 1.82) is 0 Å². The summed E-state index contributed by atoms with van der Waals surface area (Å²) in [7, 11) is 0. The lowest BCUT2D eigenvalue weighted by molar-refractivity contribution is 0.766. The Balaban J connectivity index is 1.10. The Hall–Kier alpha value is -8.72. The van der Waals surface area contributed by atoms with Crippen LogP contribution in [0.4, 0.5) is 11.4 Å². The summed E-state index contributed by atoms with van der Waals surface area (Å²) in [6, 6.07) is 94.0. The van der Waals surface area contributed by atoms with E-state index in [0.717, 1.165) is 17.8 Å². The molecule has 1 unspecified atom stereocenters. The van der Waals surface area contributed by atoms with E-state index in [4.69, 9.17) is 0 Å². The minimum atomic E-state index is -0.640. The molecule has 2 nitrogen and oxygen atoms in total. The number of para-hydroxylation sites is 2. The maximum atomic E-state index is 2.62. The summed E-state index contributed by atoms with van der Waals surface area (Å²) in [5, 5.41) is 2.48. The molecular weight excluding hydrogens is 833 g/mol. The van der Waals surface area contributed by atoms with E-state index in [1.165, 1.54) is 94.3 Å². The van der Waals surface area contributed by atoms with Crippen LogP contribution in [0.5, 0.6) is 0 Å². The highest BCUT2D eigenvalue weighted by molar-refractivity contribution is 6.11. The van der Waals surface area contributed by atoms with Gasteiger partial charge in [-0.3, -0.25) is 0 Å². The lowest BCUT2D eigenvalue weighted by atomic mass is 9.66. The molecule has 0 N–H and O–H groups in total. The van der Waals surface area contributed by atoms with Gasteiger partial charge in [-0.25, -0.2) is 0 Å². The first-order valence-corrected chi connectivity index (χ1v) is 24.1. The van der Waals surface area contributed by atoms with Crippen molar-refractivity contribution in [3.63, 3.8) is 0 Å². The van der Waals surface area contributed by atoms with Gasteiger partial charge in [-0.05, 0) is 116 Å². The predicted octanol–water partition coefficient (Wildman–Crippen LogP) is 17.0. The smallest absolute Gasteiger partial charge is 0.0720 e. The summed E-state index contributed by atoms with van der Waals surface area (Å²) in [6.45, 7) is 0. The van der Waals surface area contributed by atoms with E-state index >= 15 is 0 Å². The van der Waals surface area contributed by atoms with Gasteiger partial charge in [0.1, 0.15) is 0 Å². The quantitative estimate of drug-likeness (QED) is 0.140. The zero-order valence-electron chi connectivity index (χ0n) is 38.2. The van der Waals surface area contributed by atoms with Crippen molar-refractivity contribution >= 4 is 38.8 Å². The van der Waals surface area contributed by atoms with Gasteiger partial charge in [-0.1, -0.05) is 224 Å². The number of fused-ring (bicyclic) bond motifs is 6. The number of nitrogens with zero attached hydrogens (tertiary/aromatic N) is 2. The summed E-state index contributed by atoms with van der Waals surface area (Å²) in [5.74, 6) is 0. The van der Waals surface area contributed by atoms with Crippen LogP contribution >= 0.6 is 0 Å². The van der Waals surface area contributed by atoms with E-state index in [1.54, 1.807) is 0 Å². The average molecular weight is 881 g/mol. The van der Waals surface area contributed by atoms with Crippen molar-refractivity contribution in [2.24, 2.45) is 0 Å². The molecule has 0 saturated heterocycles. The van der Waals surface area contributed by atoms with Crippen LogP contribution < -0.4 is 4.90 Å². The Bertz CT molecular complexity index is 3680. The number of benzene rings is 10. The number of rotatable bonds is 9. The third-order valence-corrected chi connectivity index (χ3v) is 14.6. The molecule has 10 aromatic carbocycles. The van der Waals surface area contributed by atoms with Gasteiger partial charge < -0.3 is 9.47 Å². The highest BCUT2D eigenvalue weighted by atomic mass is 15.2. The Morgan fingerprint density at radius 2 is 1.00 bits per heavy atom. The van der Waals surface area contributed by atoms with Crippen LogP contribution in [0.2, 0.25) is 0 Å². The van der Waals surface area contributed by atoms with Crippen molar-refractivity contribution in [3.05, 3.63) is 301 Å². The molecule has 1 heterocycles. The van der Waals surface area contributed by atoms with Gasteiger partial charge >= 0.3 is 0 Å². The second-order valence-corrected chi connectivity index (χ2v) is 18.3. The first-order chi connectivity index (χ1) is 34.3. The number of allylic oxidation sites excluding steroid dienone is 2. The molecule has 1 atom stereocenters. The normalized spacial score (nSPS) is 14.6. The van der Waals surface area contributed by atoms with E-state index in [9.17, 15) is 0 Å². The van der Waals surface area contributed by atoms with Crippen LogP contribution in [0, 0.1) is 0 Å². The number of anilines is 2. The van der Waals surface area contributed by atoms with Crippen LogP contribution in [-0.2, 0) is 5.41 Å². The van der Waals surface area contributed by atoms with E-state index < -0.39 is 5.41 Å². The molecule has 69 heavy (non-hydrogen) atoms. The molecule has 13 rings (SSSR count). The fraction of sp³-hybridized carbons (Fsp3) is 0.0448. The van der Waals surface area contributed by atoms with Gasteiger partial charge in [0.05, 0.1) is 22.5 Å². The van der Waals surface area contributed by atoms with Crippen LogP contribution in [-0.4, -0.2) is 10.6 Å². The van der Waals surface area contributed by atoms with Gasteiger partial charge in [0.15, 0.2) is 0 Å². The topological polar surface area (TPSA) is 8.17 Å². The van der Waals surface area contributed by atoms with Crippen molar-refractivity contribution < 1.29 is 0 Å². The summed E-state index contributed by atoms with van der Waals surface area (Å²) < 4.78 is 2.41. The van der Waals surface area contributed by atoms with Crippen LogP contribution in [0.25, 0.3) is 66.4 Å². The average Bonchev–Trinajstić information content (AvgIpc) is 3.94. The molecule has 1 aromatic heterocycles. The lowest BCUT2D eigenvalue weighted by Crippen LogP contribution is -2.32. The molecule has 0 aliphatic heterocycles. The Morgan fingerprint density at radius 3 is 1.68 bits per heavy atom. The molecule has 2 aliphatic rings. The molecule has 0 fully saturated rings. The second kappa shape index (κ2) is 16.9. The van der Waals surface area contributed by atoms with Crippen molar-refractivity contribution in [2.45, 2.75) is 17.9 Å². The highest BCUT2D eigenvalue weighted by Crippen LogP contribution is 2.62. The minimum Gasteiger partial charge on any atom is -0.334 e. The van der Waals surface area contributed by atoms with E-state index in [2.05, 4.69) is 282 Å². The maximum Gasteiger partial charge on any atom is 0.0720 e. The van der Waals surface area contributed by atoms with Crippen molar-refractivity contribution in [3.8, 4) is 39.1 Å².